The van der Waals surface area contributed by atoms with Gasteiger partial charge in [-0.25, -0.2) is 4.39 Å². The van der Waals surface area contributed by atoms with Gasteiger partial charge in [0.1, 0.15) is 5.82 Å². The highest BCUT2D eigenvalue weighted by Crippen LogP contribution is 2.28. The molecule has 3 rings (SSSR count). The van der Waals surface area contributed by atoms with Crippen molar-refractivity contribution in [2.75, 3.05) is 50.8 Å². The van der Waals surface area contributed by atoms with Crippen LogP contribution in [0.1, 0.15) is 19.8 Å². The van der Waals surface area contributed by atoms with E-state index >= 15 is 0 Å². The van der Waals surface area contributed by atoms with E-state index in [1.807, 2.05) is 4.90 Å². The monoisotopic (exact) mass is 391 g/mol. The molecule has 1 aromatic rings. The number of halogens is 1. The second kappa shape index (κ2) is 9.14. The standard InChI is InChI=1S/C20H26FN3O4/c1-2-28-19(26)14-22-8-5-9-23(11-10-22)20(27)15-12-18(25)24(13-15)17-7-4-3-6-16(17)21/h3-4,6-7,15H,2,5,8-14H2,1H3. The first-order valence-corrected chi connectivity index (χ1v) is 9.71. The number of carbonyl (C=O) groups is 3. The molecule has 2 fully saturated rings. The van der Waals surface area contributed by atoms with Gasteiger partial charge in [0, 0.05) is 39.1 Å². The van der Waals surface area contributed by atoms with Crippen LogP contribution < -0.4 is 4.90 Å². The van der Waals surface area contributed by atoms with Crippen LogP contribution in [0, 0.1) is 11.7 Å². The Morgan fingerprint density at radius 2 is 1.96 bits per heavy atom. The van der Waals surface area contributed by atoms with E-state index in [-0.39, 0.29) is 43.0 Å². The minimum atomic E-state index is -0.469. The van der Waals surface area contributed by atoms with Crippen molar-refractivity contribution in [3.8, 4) is 0 Å². The molecule has 0 saturated carbocycles. The molecule has 152 valence electrons. The molecule has 2 aliphatic rings. The van der Waals surface area contributed by atoms with Gasteiger partial charge in [-0.1, -0.05) is 12.1 Å². The van der Waals surface area contributed by atoms with Crippen LogP contribution in [-0.2, 0) is 19.1 Å². The molecule has 2 aliphatic heterocycles. The number of amides is 2. The normalized spacial score (nSPS) is 20.9. The molecule has 7 nitrogen and oxygen atoms in total. The predicted molar refractivity (Wildman–Crippen MR) is 101 cm³/mol. The number of hydrogen-bond donors (Lipinski definition) is 0. The molecule has 1 aromatic carbocycles. The van der Waals surface area contributed by atoms with Gasteiger partial charge in [0.25, 0.3) is 0 Å². The van der Waals surface area contributed by atoms with Crippen LogP contribution >= 0.6 is 0 Å². The van der Waals surface area contributed by atoms with E-state index in [4.69, 9.17) is 4.74 Å². The van der Waals surface area contributed by atoms with Gasteiger partial charge in [0.05, 0.1) is 24.8 Å². The van der Waals surface area contributed by atoms with Crippen LogP contribution in [0.4, 0.5) is 10.1 Å². The smallest absolute Gasteiger partial charge is 0.320 e. The Balaban J connectivity index is 1.58. The van der Waals surface area contributed by atoms with Gasteiger partial charge in [-0.2, -0.15) is 0 Å². The number of anilines is 1. The van der Waals surface area contributed by atoms with Crippen molar-refractivity contribution in [3.63, 3.8) is 0 Å². The summed E-state index contributed by atoms with van der Waals surface area (Å²) in [7, 11) is 0. The Hall–Kier alpha value is -2.48. The molecular weight excluding hydrogens is 365 g/mol. The number of esters is 1. The molecule has 0 radical (unpaired) electrons. The van der Waals surface area contributed by atoms with Crippen LogP contribution in [0.3, 0.4) is 0 Å². The number of benzene rings is 1. The Kier molecular flexibility index (Phi) is 6.61. The highest BCUT2D eigenvalue weighted by atomic mass is 19.1. The molecule has 0 bridgehead atoms. The molecule has 2 heterocycles. The van der Waals surface area contributed by atoms with Crippen molar-refractivity contribution in [2.24, 2.45) is 5.92 Å². The molecule has 0 aliphatic carbocycles. The molecule has 2 saturated heterocycles. The summed E-state index contributed by atoms with van der Waals surface area (Å²) in [5, 5.41) is 0. The highest BCUT2D eigenvalue weighted by molar-refractivity contribution is 6.00. The SMILES string of the molecule is CCOC(=O)CN1CCCN(C(=O)C2CC(=O)N(c3ccccc3F)C2)CC1. The largest absolute Gasteiger partial charge is 0.465 e. The van der Waals surface area contributed by atoms with Crippen LogP contribution in [0.2, 0.25) is 0 Å². The highest BCUT2D eigenvalue weighted by Gasteiger charge is 2.38. The van der Waals surface area contributed by atoms with E-state index in [2.05, 4.69) is 0 Å². The van der Waals surface area contributed by atoms with Crippen LogP contribution in [0.15, 0.2) is 24.3 Å². The van der Waals surface area contributed by atoms with Gasteiger partial charge in [0.2, 0.25) is 11.8 Å². The van der Waals surface area contributed by atoms with E-state index in [1.165, 1.54) is 11.0 Å². The van der Waals surface area contributed by atoms with Gasteiger partial charge in [0.15, 0.2) is 0 Å². The summed E-state index contributed by atoms with van der Waals surface area (Å²) in [6, 6.07) is 6.11. The van der Waals surface area contributed by atoms with Crippen LogP contribution in [-0.4, -0.2) is 73.5 Å². The number of carbonyl (C=O) groups excluding carboxylic acids is 3. The number of para-hydroxylation sites is 1. The Bertz CT molecular complexity index is 742. The predicted octanol–water partition coefficient (Wildman–Crippen LogP) is 1.28. The van der Waals surface area contributed by atoms with Gasteiger partial charge in [-0.05, 0) is 25.5 Å². The maximum atomic E-state index is 14.0. The third-order valence-corrected chi connectivity index (χ3v) is 5.18. The number of nitrogens with zero attached hydrogens (tertiary/aromatic N) is 3. The summed E-state index contributed by atoms with van der Waals surface area (Å²) >= 11 is 0. The lowest BCUT2D eigenvalue weighted by atomic mass is 10.1. The molecule has 1 unspecified atom stereocenters. The zero-order chi connectivity index (χ0) is 20.1. The van der Waals surface area contributed by atoms with Gasteiger partial charge in [-0.15, -0.1) is 0 Å². The molecule has 8 heteroatoms. The van der Waals surface area contributed by atoms with Crippen molar-refractivity contribution >= 4 is 23.5 Å². The average Bonchev–Trinajstić information content (AvgIpc) is 2.90. The molecule has 0 N–H and O–H groups in total. The quantitative estimate of drug-likeness (QED) is 0.707. The number of rotatable bonds is 5. The van der Waals surface area contributed by atoms with E-state index in [1.54, 1.807) is 30.0 Å². The van der Waals surface area contributed by atoms with Crippen molar-refractivity contribution in [2.45, 2.75) is 19.8 Å². The van der Waals surface area contributed by atoms with Gasteiger partial charge in [-0.3, -0.25) is 19.3 Å². The maximum Gasteiger partial charge on any atom is 0.320 e. The van der Waals surface area contributed by atoms with Crippen molar-refractivity contribution < 1.29 is 23.5 Å². The topological polar surface area (TPSA) is 70.2 Å². The molecular formula is C20H26FN3O4. The third-order valence-electron chi connectivity index (χ3n) is 5.18. The summed E-state index contributed by atoms with van der Waals surface area (Å²) in [4.78, 5) is 42.1. The molecule has 28 heavy (non-hydrogen) atoms. The molecule has 1 atom stereocenters. The van der Waals surface area contributed by atoms with Crippen LogP contribution in [0.25, 0.3) is 0 Å². The van der Waals surface area contributed by atoms with E-state index in [0.717, 1.165) is 6.42 Å². The Morgan fingerprint density at radius 1 is 1.18 bits per heavy atom. The fourth-order valence-corrected chi connectivity index (χ4v) is 3.77. The minimum Gasteiger partial charge on any atom is -0.465 e. The summed E-state index contributed by atoms with van der Waals surface area (Å²) in [6.45, 7) is 4.93. The summed E-state index contributed by atoms with van der Waals surface area (Å²) in [5.41, 5.74) is 0.222. The summed E-state index contributed by atoms with van der Waals surface area (Å²) in [6.07, 6.45) is 0.846. The molecule has 0 aromatic heterocycles. The zero-order valence-corrected chi connectivity index (χ0v) is 16.1. The van der Waals surface area contributed by atoms with Crippen molar-refractivity contribution in [1.82, 2.24) is 9.80 Å². The second-order valence-corrected chi connectivity index (χ2v) is 7.12. The average molecular weight is 391 g/mol. The first-order valence-electron chi connectivity index (χ1n) is 9.71. The fraction of sp³-hybridized carbons (Fsp3) is 0.550. The van der Waals surface area contributed by atoms with E-state index in [9.17, 15) is 18.8 Å². The second-order valence-electron chi connectivity index (χ2n) is 7.12. The maximum absolute atomic E-state index is 14.0. The zero-order valence-electron chi connectivity index (χ0n) is 16.1. The molecule has 2 amide bonds. The van der Waals surface area contributed by atoms with E-state index in [0.29, 0.717) is 32.8 Å². The van der Waals surface area contributed by atoms with E-state index < -0.39 is 11.7 Å². The molecule has 0 spiro atoms. The lowest BCUT2D eigenvalue weighted by molar-refractivity contribution is -0.144. The van der Waals surface area contributed by atoms with Crippen LogP contribution in [0.5, 0.6) is 0 Å². The Morgan fingerprint density at radius 3 is 2.71 bits per heavy atom. The first kappa shape index (κ1) is 20.3. The lowest BCUT2D eigenvalue weighted by Gasteiger charge is -2.24. The first-order chi connectivity index (χ1) is 13.5. The minimum absolute atomic E-state index is 0.0785. The number of hydrogen-bond acceptors (Lipinski definition) is 5. The third kappa shape index (κ3) is 4.67. The summed E-state index contributed by atoms with van der Waals surface area (Å²) in [5.74, 6) is -1.51. The van der Waals surface area contributed by atoms with Gasteiger partial charge >= 0.3 is 5.97 Å². The summed E-state index contributed by atoms with van der Waals surface area (Å²) < 4.78 is 19.0. The fourth-order valence-electron chi connectivity index (χ4n) is 3.77. The number of ether oxygens (including phenoxy) is 1. The lowest BCUT2D eigenvalue weighted by Crippen LogP contribution is -2.40. The Labute approximate surface area is 164 Å². The van der Waals surface area contributed by atoms with Crippen molar-refractivity contribution in [3.05, 3.63) is 30.1 Å². The van der Waals surface area contributed by atoms with Crippen molar-refractivity contribution in [1.29, 1.82) is 0 Å². The van der Waals surface area contributed by atoms with Gasteiger partial charge < -0.3 is 14.5 Å².